The molecule has 0 saturated heterocycles. The normalized spacial score (nSPS) is 12.9. The molecule has 0 aliphatic carbocycles. The molecule has 1 unspecified atom stereocenters. The summed E-state index contributed by atoms with van der Waals surface area (Å²) in [5.74, 6) is -1.30. The van der Waals surface area contributed by atoms with E-state index in [0.717, 1.165) is 6.07 Å². The first-order valence-corrected chi connectivity index (χ1v) is 3.75. The maximum absolute atomic E-state index is 12.2. The number of pyridine rings is 1. The Morgan fingerprint density at radius 3 is 2.50 bits per heavy atom. The molecule has 1 aromatic heterocycles. The minimum atomic E-state index is -2.73. The lowest BCUT2D eigenvalue weighted by molar-refractivity contribution is -0.138. The molecule has 1 atom stereocenters. The lowest BCUT2D eigenvalue weighted by Gasteiger charge is -2.06. The van der Waals surface area contributed by atoms with Gasteiger partial charge in [0.2, 0.25) is 0 Å². The first-order chi connectivity index (χ1) is 6.52. The third-order valence-corrected chi connectivity index (χ3v) is 1.60. The Hall–Kier alpha value is -1.56. The van der Waals surface area contributed by atoms with E-state index < -0.39 is 24.1 Å². The fraction of sp³-hybridized carbons (Fsp3) is 0.250. The van der Waals surface area contributed by atoms with Gasteiger partial charge < -0.3 is 10.8 Å². The first-order valence-electron chi connectivity index (χ1n) is 3.75. The number of aliphatic carboxylic acids is 1. The summed E-state index contributed by atoms with van der Waals surface area (Å²) in [6.45, 7) is 0. The van der Waals surface area contributed by atoms with Crippen LogP contribution in [0.15, 0.2) is 18.2 Å². The van der Waals surface area contributed by atoms with Crippen LogP contribution in [0.25, 0.3) is 0 Å². The van der Waals surface area contributed by atoms with Gasteiger partial charge in [-0.05, 0) is 12.1 Å². The highest BCUT2D eigenvalue weighted by Crippen LogP contribution is 2.17. The molecule has 1 aromatic rings. The van der Waals surface area contributed by atoms with Crippen molar-refractivity contribution in [1.29, 1.82) is 0 Å². The molecule has 1 rings (SSSR count). The zero-order chi connectivity index (χ0) is 10.7. The van der Waals surface area contributed by atoms with E-state index in [2.05, 4.69) is 4.98 Å². The van der Waals surface area contributed by atoms with E-state index in [1.165, 1.54) is 12.1 Å². The number of hydrogen-bond donors (Lipinski definition) is 2. The maximum Gasteiger partial charge on any atom is 0.326 e. The van der Waals surface area contributed by atoms with Crippen LogP contribution in [0.1, 0.15) is 23.9 Å². The quantitative estimate of drug-likeness (QED) is 0.769. The average molecular weight is 202 g/mol. The number of hydrogen-bond acceptors (Lipinski definition) is 3. The summed E-state index contributed by atoms with van der Waals surface area (Å²) in [7, 11) is 0. The minimum absolute atomic E-state index is 0.0738. The van der Waals surface area contributed by atoms with Crippen LogP contribution in [-0.4, -0.2) is 16.1 Å². The second kappa shape index (κ2) is 4.10. The lowest BCUT2D eigenvalue weighted by Crippen LogP contribution is -2.22. The molecule has 0 aliphatic heterocycles. The molecular weight excluding hydrogens is 194 g/mol. The van der Waals surface area contributed by atoms with Crippen molar-refractivity contribution < 1.29 is 18.7 Å². The average Bonchev–Trinajstić information content (AvgIpc) is 2.16. The van der Waals surface area contributed by atoms with E-state index >= 15 is 0 Å². The van der Waals surface area contributed by atoms with Gasteiger partial charge in [-0.1, -0.05) is 6.07 Å². The molecule has 0 aromatic carbocycles. The topological polar surface area (TPSA) is 76.2 Å². The molecule has 4 nitrogen and oxygen atoms in total. The fourth-order valence-electron chi connectivity index (χ4n) is 0.890. The van der Waals surface area contributed by atoms with Crippen molar-refractivity contribution in [1.82, 2.24) is 4.98 Å². The predicted molar refractivity (Wildman–Crippen MR) is 43.8 cm³/mol. The van der Waals surface area contributed by atoms with Gasteiger partial charge >= 0.3 is 5.97 Å². The molecule has 6 heteroatoms. The molecule has 0 amide bonds. The Labute approximate surface area is 78.4 Å². The Balaban J connectivity index is 2.99. The van der Waals surface area contributed by atoms with E-state index in [1.807, 2.05) is 0 Å². The molecular formula is C8H8F2N2O2. The lowest BCUT2D eigenvalue weighted by atomic mass is 10.2. The van der Waals surface area contributed by atoms with E-state index in [0.29, 0.717) is 0 Å². The predicted octanol–water partition coefficient (Wildman–Crippen LogP) is 1.10. The summed E-state index contributed by atoms with van der Waals surface area (Å²) in [6, 6.07) is 2.34. The van der Waals surface area contributed by atoms with Crippen LogP contribution in [0.3, 0.4) is 0 Å². The number of carboxylic acids is 1. The van der Waals surface area contributed by atoms with Gasteiger partial charge in [-0.15, -0.1) is 0 Å². The van der Waals surface area contributed by atoms with E-state index in [1.54, 1.807) is 0 Å². The monoisotopic (exact) mass is 202 g/mol. The number of nitrogens with two attached hydrogens (primary N) is 1. The number of carbonyl (C=O) groups is 1. The summed E-state index contributed by atoms with van der Waals surface area (Å²) in [4.78, 5) is 13.9. The first kappa shape index (κ1) is 10.5. The molecule has 3 N–H and O–H groups in total. The summed E-state index contributed by atoms with van der Waals surface area (Å²) >= 11 is 0. The molecule has 0 radical (unpaired) electrons. The summed E-state index contributed by atoms with van der Waals surface area (Å²) in [5, 5.41) is 8.51. The van der Waals surface area contributed by atoms with Crippen molar-refractivity contribution in [2.75, 3.05) is 0 Å². The van der Waals surface area contributed by atoms with Crippen molar-refractivity contribution >= 4 is 5.97 Å². The fourth-order valence-corrected chi connectivity index (χ4v) is 0.890. The van der Waals surface area contributed by atoms with Crippen LogP contribution < -0.4 is 5.73 Å². The molecule has 0 fully saturated rings. The molecule has 1 heterocycles. The number of alkyl halides is 2. The third-order valence-electron chi connectivity index (χ3n) is 1.60. The van der Waals surface area contributed by atoms with Gasteiger partial charge in [0.15, 0.2) is 0 Å². The van der Waals surface area contributed by atoms with Crippen molar-refractivity contribution in [2.45, 2.75) is 12.5 Å². The zero-order valence-electron chi connectivity index (χ0n) is 7.02. The number of halogens is 2. The second-order valence-corrected chi connectivity index (χ2v) is 2.60. The van der Waals surface area contributed by atoms with Crippen LogP contribution in [0.4, 0.5) is 8.78 Å². The van der Waals surface area contributed by atoms with Crippen LogP contribution in [0, 0.1) is 0 Å². The standard InChI is InChI=1S/C8H8F2N2O2/c9-7(10)5-3-1-2-4(12-5)6(11)8(13)14/h1-3,6-7H,11H2,(H,13,14). The summed E-state index contributed by atoms with van der Waals surface area (Å²) < 4.78 is 24.3. The van der Waals surface area contributed by atoms with Gasteiger partial charge in [0.25, 0.3) is 6.43 Å². The molecule has 14 heavy (non-hydrogen) atoms. The zero-order valence-corrected chi connectivity index (χ0v) is 7.02. The SMILES string of the molecule is NC(C(=O)O)c1cccc(C(F)F)n1. The maximum atomic E-state index is 12.2. The van der Waals surface area contributed by atoms with Crippen LogP contribution in [0.5, 0.6) is 0 Å². The Morgan fingerprint density at radius 1 is 1.43 bits per heavy atom. The molecule has 0 saturated carbocycles. The molecule has 0 bridgehead atoms. The molecule has 76 valence electrons. The van der Waals surface area contributed by atoms with Crippen molar-refractivity contribution in [3.63, 3.8) is 0 Å². The number of aromatic nitrogens is 1. The highest BCUT2D eigenvalue weighted by molar-refractivity contribution is 5.74. The summed E-state index contributed by atoms with van der Waals surface area (Å²) in [6.07, 6.45) is -2.73. The highest BCUT2D eigenvalue weighted by Gasteiger charge is 2.17. The molecule has 0 aliphatic rings. The number of rotatable bonds is 3. The number of nitrogens with zero attached hydrogens (tertiary/aromatic N) is 1. The second-order valence-electron chi connectivity index (χ2n) is 2.60. The van der Waals surface area contributed by atoms with E-state index in [4.69, 9.17) is 10.8 Å². The minimum Gasteiger partial charge on any atom is -0.480 e. The van der Waals surface area contributed by atoms with Crippen LogP contribution >= 0.6 is 0 Å². The van der Waals surface area contributed by atoms with Crippen molar-refractivity contribution in [3.05, 3.63) is 29.6 Å². The van der Waals surface area contributed by atoms with Crippen molar-refractivity contribution in [2.24, 2.45) is 5.73 Å². The van der Waals surface area contributed by atoms with Gasteiger partial charge in [-0.3, -0.25) is 4.79 Å². The summed E-state index contributed by atoms with van der Waals surface area (Å²) in [5.41, 5.74) is 4.65. The molecule has 0 spiro atoms. The highest BCUT2D eigenvalue weighted by atomic mass is 19.3. The number of carboxylic acid groups (broad SMARTS) is 1. The van der Waals surface area contributed by atoms with Gasteiger partial charge in [0, 0.05) is 0 Å². The van der Waals surface area contributed by atoms with Gasteiger partial charge in [0.1, 0.15) is 11.7 Å². The van der Waals surface area contributed by atoms with Crippen LogP contribution in [0.2, 0.25) is 0 Å². The Kier molecular flexibility index (Phi) is 3.08. The van der Waals surface area contributed by atoms with Gasteiger partial charge in [-0.25, -0.2) is 13.8 Å². The van der Waals surface area contributed by atoms with Gasteiger partial charge in [-0.2, -0.15) is 0 Å². The Bertz CT molecular complexity index is 344. The smallest absolute Gasteiger partial charge is 0.326 e. The van der Waals surface area contributed by atoms with Gasteiger partial charge in [0.05, 0.1) is 5.69 Å². The Morgan fingerprint density at radius 2 is 2.00 bits per heavy atom. The van der Waals surface area contributed by atoms with E-state index in [-0.39, 0.29) is 5.69 Å². The van der Waals surface area contributed by atoms with Crippen LogP contribution in [-0.2, 0) is 4.79 Å². The van der Waals surface area contributed by atoms with Crippen molar-refractivity contribution in [3.8, 4) is 0 Å². The van der Waals surface area contributed by atoms with E-state index in [9.17, 15) is 13.6 Å². The third kappa shape index (κ3) is 2.23. The largest absolute Gasteiger partial charge is 0.480 e.